The maximum absolute atomic E-state index is 12.6. The maximum atomic E-state index is 12.6. The molecule has 3 rings (SSSR count). The van der Waals surface area contributed by atoms with Crippen molar-refractivity contribution in [3.63, 3.8) is 0 Å². The largest absolute Gasteiger partial charge is 0.342 e. The summed E-state index contributed by atoms with van der Waals surface area (Å²) in [5, 5.41) is 15.0. The molecule has 0 aliphatic heterocycles. The van der Waals surface area contributed by atoms with Gasteiger partial charge in [0.2, 0.25) is 5.91 Å². The van der Waals surface area contributed by atoms with E-state index in [4.69, 9.17) is 0 Å². The summed E-state index contributed by atoms with van der Waals surface area (Å²) >= 11 is 4.71. The third-order valence-corrected chi connectivity index (χ3v) is 6.36. The van der Waals surface area contributed by atoms with Crippen LogP contribution in [0.25, 0.3) is 0 Å². The minimum Gasteiger partial charge on any atom is -0.342 e. The number of anilines is 1. The first-order chi connectivity index (χ1) is 15.8. The van der Waals surface area contributed by atoms with E-state index in [9.17, 15) is 9.59 Å². The Morgan fingerprint density at radius 3 is 2.58 bits per heavy atom. The van der Waals surface area contributed by atoms with E-state index in [1.807, 2.05) is 55.7 Å². The summed E-state index contributed by atoms with van der Waals surface area (Å²) in [6.07, 6.45) is 1.73. The highest BCUT2D eigenvalue weighted by molar-refractivity contribution is 9.10. The molecule has 172 valence electrons. The van der Waals surface area contributed by atoms with E-state index in [2.05, 4.69) is 43.3 Å². The molecule has 0 aliphatic carbocycles. The summed E-state index contributed by atoms with van der Waals surface area (Å²) < 4.78 is 2.82. The number of hydrogen-bond donors (Lipinski definition) is 2. The van der Waals surface area contributed by atoms with Crippen molar-refractivity contribution >= 4 is 45.2 Å². The molecule has 2 N–H and O–H groups in total. The molecule has 33 heavy (non-hydrogen) atoms. The van der Waals surface area contributed by atoms with Crippen molar-refractivity contribution in [2.75, 3.05) is 11.1 Å². The minimum absolute atomic E-state index is 0.138. The van der Waals surface area contributed by atoms with E-state index < -0.39 is 0 Å². The molecule has 0 aliphatic rings. The van der Waals surface area contributed by atoms with E-state index in [0.717, 1.165) is 21.3 Å². The molecule has 0 radical (unpaired) electrons. The number of hydrogen-bond acceptors (Lipinski definition) is 5. The number of thioether (sulfide) groups is 1. The highest BCUT2D eigenvalue weighted by Gasteiger charge is 2.20. The fourth-order valence-electron chi connectivity index (χ4n) is 3.16. The van der Waals surface area contributed by atoms with Crippen LogP contribution in [0.4, 0.5) is 5.69 Å². The molecule has 1 aromatic heterocycles. The molecule has 2 aromatic carbocycles. The number of aryl methyl sites for hydroxylation is 2. The first kappa shape index (κ1) is 24.7. The van der Waals surface area contributed by atoms with Crippen molar-refractivity contribution < 1.29 is 9.59 Å². The van der Waals surface area contributed by atoms with Gasteiger partial charge in [0, 0.05) is 22.3 Å². The second kappa shape index (κ2) is 11.3. The Morgan fingerprint density at radius 2 is 1.91 bits per heavy atom. The number of carbonyl (C=O) groups excluding carboxylic acids is 2. The van der Waals surface area contributed by atoms with Crippen LogP contribution in [0.15, 0.2) is 64.7 Å². The minimum atomic E-state index is -0.375. The molecule has 0 saturated carbocycles. The second-order valence-electron chi connectivity index (χ2n) is 7.60. The van der Waals surface area contributed by atoms with Gasteiger partial charge in [0.15, 0.2) is 11.0 Å². The topological polar surface area (TPSA) is 88.9 Å². The zero-order valence-corrected chi connectivity index (χ0v) is 21.2. The lowest BCUT2D eigenvalue weighted by Gasteiger charge is -2.15. The Labute approximate surface area is 206 Å². The van der Waals surface area contributed by atoms with Gasteiger partial charge in [-0.3, -0.25) is 9.59 Å². The number of rotatable bonds is 9. The lowest BCUT2D eigenvalue weighted by atomic mass is 10.1. The molecular weight excluding hydrogens is 502 g/mol. The number of nitrogens with zero attached hydrogens (tertiary/aromatic N) is 3. The number of allylic oxidation sites excluding steroid dienone is 1. The van der Waals surface area contributed by atoms with E-state index >= 15 is 0 Å². The van der Waals surface area contributed by atoms with Gasteiger partial charge in [0.25, 0.3) is 5.91 Å². The highest BCUT2D eigenvalue weighted by Crippen LogP contribution is 2.23. The molecule has 1 atom stereocenters. The van der Waals surface area contributed by atoms with Crippen molar-refractivity contribution in [3.8, 4) is 0 Å². The van der Waals surface area contributed by atoms with E-state index in [1.165, 1.54) is 11.8 Å². The van der Waals surface area contributed by atoms with Gasteiger partial charge in [-0.05, 0) is 56.7 Å². The van der Waals surface area contributed by atoms with Crippen LogP contribution in [0, 0.1) is 13.8 Å². The van der Waals surface area contributed by atoms with Gasteiger partial charge in [-0.25, -0.2) is 0 Å². The van der Waals surface area contributed by atoms with Gasteiger partial charge in [-0.15, -0.1) is 16.8 Å². The molecule has 0 saturated heterocycles. The number of amides is 2. The van der Waals surface area contributed by atoms with Gasteiger partial charge in [-0.1, -0.05) is 51.5 Å². The zero-order chi connectivity index (χ0) is 24.0. The summed E-state index contributed by atoms with van der Waals surface area (Å²) in [5.41, 5.74) is 3.41. The maximum Gasteiger partial charge on any atom is 0.251 e. The Hall–Kier alpha value is -2.91. The molecule has 0 bridgehead atoms. The summed E-state index contributed by atoms with van der Waals surface area (Å²) in [6.45, 7) is 10.0. The monoisotopic (exact) mass is 527 g/mol. The van der Waals surface area contributed by atoms with Crippen LogP contribution in [0.3, 0.4) is 0 Å². The van der Waals surface area contributed by atoms with Crippen LogP contribution in [0.5, 0.6) is 0 Å². The summed E-state index contributed by atoms with van der Waals surface area (Å²) in [6, 6.07) is 12.7. The van der Waals surface area contributed by atoms with Crippen LogP contribution in [0.1, 0.15) is 40.3 Å². The average Bonchev–Trinajstić information content (AvgIpc) is 3.17. The number of halogens is 1. The third kappa shape index (κ3) is 6.55. The van der Waals surface area contributed by atoms with Crippen molar-refractivity contribution in [3.05, 3.63) is 82.1 Å². The first-order valence-corrected chi connectivity index (χ1v) is 12.2. The standard InChI is InChI=1S/C24H26BrN5O2S/c1-5-12-30-22(17(4)26-23(32)18-8-6-15(2)7-9-18)28-29-24(30)33-14-21(31)27-20-11-10-19(25)13-16(20)3/h5-11,13,17H,1,12,14H2,2-4H3,(H,26,32)(H,27,31)/t17-/m0/s1. The summed E-state index contributed by atoms with van der Waals surface area (Å²) in [7, 11) is 0. The molecule has 1 heterocycles. The summed E-state index contributed by atoms with van der Waals surface area (Å²) in [5.74, 6) is 0.450. The Bertz CT molecular complexity index is 1160. The number of carbonyl (C=O) groups is 2. The average molecular weight is 528 g/mol. The molecule has 3 aromatic rings. The quantitative estimate of drug-likeness (QED) is 0.299. The molecule has 0 fully saturated rings. The van der Waals surface area contributed by atoms with Gasteiger partial charge in [0.1, 0.15) is 0 Å². The molecule has 0 unspecified atom stereocenters. The number of aromatic nitrogens is 3. The molecule has 7 nitrogen and oxygen atoms in total. The number of nitrogens with one attached hydrogen (secondary N) is 2. The Kier molecular flexibility index (Phi) is 8.46. The van der Waals surface area contributed by atoms with E-state index in [1.54, 1.807) is 18.2 Å². The normalized spacial score (nSPS) is 11.6. The fraction of sp³-hybridized carbons (Fsp3) is 0.250. The van der Waals surface area contributed by atoms with Crippen molar-refractivity contribution in [2.45, 2.75) is 38.5 Å². The lowest BCUT2D eigenvalue weighted by molar-refractivity contribution is -0.113. The van der Waals surface area contributed by atoms with E-state index in [-0.39, 0.29) is 23.6 Å². The Morgan fingerprint density at radius 1 is 1.18 bits per heavy atom. The van der Waals surface area contributed by atoms with Crippen LogP contribution < -0.4 is 10.6 Å². The highest BCUT2D eigenvalue weighted by atomic mass is 79.9. The third-order valence-electron chi connectivity index (χ3n) is 4.90. The van der Waals surface area contributed by atoms with Crippen LogP contribution in [0.2, 0.25) is 0 Å². The van der Waals surface area contributed by atoms with Crippen LogP contribution in [-0.4, -0.2) is 32.3 Å². The predicted octanol–water partition coefficient (Wildman–Crippen LogP) is 5.07. The van der Waals surface area contributed by atoms with Gasteiger partial charge < -0.3 is 15.2 Å². The fourth-order valence-corrected chi connectivity index (χ4v) is 4.39. The Balaban J connectivity index is 1.66. The van der Waals surface area contributed by atoms with Crippen molar-refractivity contribution in [1.29, 1.82) is 0 Å². The smallest absolute Gasteiger partial charge is 0.251 e. The number of benzene rings is 2. The SMILES string of the molecule is C=CCn1c(SCC(=O)Nc2ccc(Br)cc2C)nnc1[C@H](C)NC(=O)c1ccc(C)cc1. The van der Waals surface area contributed by atoms with Crippen molar-refractivity contribution in [1.82, 2.24) is 20.1 Å². The lowest BCUT2D eigenvalue weighted by Crippen LogP contribution is -2.28. The predicted molar refractivity (Wildman–Crippen MR) is 136 cm³/mol. The van der Waals surface area contributed by atoms with Crippen LogP contribution >= 0.6 is 27.7 Å². The van der Waals surface area contributed by atoms with Gasteiger partial charge in [0.05, 0.1) is 11.8 Å². The van der Waals surface area contributed by atoms with Crippen molar-refractivity contribution in [2.24, 2.45) is 0 Å². The zero-order valence-electron chi connectivity index (χ0n) is 18.8. The van der Waals surface area contributed by atoms with E-state index in [0.29, 0.717) is 23.1 Å². The molecule has 0 spiro atoms. The summed E-state index contributed by atoms with van der Waals surface area (Å²) in [4.78, 5) is 25.1. The molecule has 2 amide bonds. The first-order valence-electron chi connectivity index (χ1n) is 10.4. The molecule has 9 heteroatoms. The second-order valence-corrected chi connectivity index (χ2v) is 9.46. The van der Waals surface area contributed by atoms with Gasteiger partial charge in [-0.2, -0.15) is 0 Å². The molecular formula is C24H26BrN5O2S. The van der Waals surface area contributed by atoms with Gasteiger partial charge >= 0.3 is 0 Å². The van der Waals surface area contributed by atoms with Crippen LogP contribution in [-0.2, 0) is 11.3 Å².